The zero-order chi connectivity index (χ0) is 32.2. The summed E-state index contributed by atoms with van der Waals surface area (Å²) in [6.07, 6.45) is -1.75. The molecule has 1 saturated heterocycles. The minimum absolute atomic E-state index is 0.0598. The normalized spacial score (nSPS) is 14.4. The Hall–Kier alpha value is -4.18. The van der Waals surface area contributed by atoms with Gasteiger partial charge in [0.05, 0.1) is 19.1 Å². The summed E-state index contributed by atoms with van der Waals surface area (Å²) in [5.74, 6) is -0.504. The van der Waals surface area contributed by atoms with E-state index in [2.05, 4.69) is 44.3 Å². The minimum Gasteiger partial charge on any atom is -0.495 e. The first-order valence-electron chi connectivity index (χ1n) is 13.7. The summed E-state index contributed by atoms with van der Waals surface area (Å²) < 4.78 is 72.0. The molecule has 0 radical (unpaired) electrons. The molecular weight excluding hydrogens is 601 g/mol. The van der Waals surface area contributed by atoms with Gasteiger partial charge in [0.15, 0.2) is 0 Å². The highest BCUT2D eigenvalue weighted by Gasteiger charge is 2.35. The molecule has 0 atom stereocenters. The first-order valence-corrected chi connectivity index (χ1v) is 15.6. The standard InChI is InChI=1S/C28H35F3N8O4S/c1-18(2)38-11-13-39(14-12-38)26(40)19-8-9-22(23(15-19)43-4)35-27-34-17-21(28(29,30)31)24(36-27)33-16-20-7-6-10-32-25(20)37(3)44(5,41)42/h6-10,15,17-18H,11-14,16H2,1-5H3,(H2,33,34,35,36). The van der Waals surface area contributed by atoms with Crippen LogP contribution in [0.25, 0.3) is 0 Å². The summed E-state index contributed by atoms with van der Waals surface area (Å²) >= 11 is 0. The number of hydrogen-bond donors (Lipinski definition) is 2. The van der Waals surface area contributed by atoms with Crippen LogP contribution in [0.1, 0.15) is 35.3 Å². The van der Waals surface area contributed by atoms with Gasteiger partial charge >= 0.3 is 6.18 Å². The van der Waals surface area contributed by atoms with Crippen molar-refractivity contribution in [3.05, 3.63) is 59.4 Å². The molecule has 0 spiro atoms. The minimum atomic E-state index is -4.78. The lowest BCUT2D eigenvalue weighted by molar-refractivity contribution is -0.137. The number of carbonyl (C=O) groups is 1. The van der Waals surface area contributed by atoms with Gasteiger partial charge < -0.3 is 20.3 Å². The van der Waals surface area contributed by atoms with Gasteiger partial charge in [-0.3, -0.25) is 14.0 Å². The van der Waals surface area contributed by atoms with Crippen molar-refractivity contribution in [3.8, 4) is 5.75 Å². The van der Waals surface area contributed by atoms with Crippen molar-refractivity contribution in [1.29, 1.82) is 0 Å². The fourth-order valence-corrected chi connectivity index (χ4v) is 5.12. The second-order valence-electron chi connectivity index (χ2n) is 10.5. The Morgan fingerprint density at radius 2 is 1.84 bits per heavy atom. The number of aromatic nitrogens is 3. The number of hydrogen-bond acceptors (Lipinski definition) is 10. The fraction of sp³-hybridized carbons (Fsp3) is 0.429. The summed E-state index contributed by atoms with van der Waals surface area (Å²) in [6, 6.07) is 8.23. The molecule has 1 aliphatic rings. The van der Waals surface area contributed by atoms with Crippen molar-refractivity contribution < 1.29 is 31.1 Å². The summed E-state index contributed by atoms with van der Waals surface area (Å²) in [6.45, 7) is 6.76. The molecule has 0 bridgehead atoms. The number of methoxy groups -OCH3 is 1. The van der Waals surface area contributed by atoms with Gasteiger partial charge in [0.1, 0.15) is 22.9 Å². The molecule has 1 amide bonds. The van der Waals surface area contributed by atoms with Crippen LogP contribution in [0.15, 0.2) is 42.7 Å². The van der Waals surface area contributed by atoms with Crippen LogP contribution < -0.4 is 19.7 Å². The number of nitrogens with one attached hydrogen (secondary N) is 2. The molecule has 238 valence electrons. The first-order chi connectivity index (χ1) is 20.7. The van der Waals surface area contributed by atoms with Crippen LogP contribution in [-0.2, 0) is 22.7 Å². The highest BCUT2D eigenvalue weighted by atomic mass is 32.2. The highest BCUT2D eigenvalue weighted by Crippen LogP contribution is 2.35. The van der Waals surface area contributed by atoms with Crippen molar-refractivity contribution in [2.24, 2.45) is 0 Å². The highest BCUT2D eigenvalue weighted by molar-refractivity contribution is 7.92. The number of pyridine rings is 1. The van der Waals surface area contributed by atoms with E-state index >= 15 is 0 Å². The molecule has 0 saturated carbocycles. The Morgan fingerprint density at radius 1 is 1.14 bits per heavy atom. The molecule has 12 nitrogen and oxygen atoms in total. The number of nitrogens with zero attached hydrogens (tertiary/aromatic N) is 6. The van der Waals surface area contributed by atoms with Crippen LogP contribution in [0.4, 0.5) is 36.4 Å². The Morgan fingerprint density at radius 3 is 2.45 bits per heavy atom. The monoisotopic (exact) mass is 636 g/mol. The average molecular weight is 637 g/mol. The fourth-order valence-electron chi connectivity index (χ4n) is 4.64. The van der Waals surface area contributed by atoms with Gasteiger partial charge in [-0.25, -0.2) is 18.4 Å². The largest absolute Gasteiger partial charge is 0.495 e. The molecule has 4 rings (SSSR count). The number of alkyl halides is 3. The lowest BCUT2D eigenvalue weighted by Crippen LogP contribution is -2.50. The van der Waals surface area contributed by atoms with Crippen molar-refractivity contribution >= 4 is 39.2 Å². The van der Waals surface area contributed by atoms with E-state index in [0.717, 1.165) is 23.7 Å². The third kappa shape index (κ3) is 7.66. The van der Waals surface area contributed by atoms with Crippen molar-refractivity contribution in [2.75, 3.05) is 61.5 Å². The van der Waals surface area contributed by atoms with Crippen molar-refractivity contribution in [3.63, 3.8) is 0 Å². The second kappa shape index (κ2) is 13.2. The molecule has 16 heteroatoms. The molecule has 3 heterocycles. The lowest BCUT2D eigenvalue weighted by atomic mass is 10.1. The molecule has 0 unspecified atom stereocenters. The van der Waals surface area contributed by atoms with E-state index in [1.807, 2.05) is 0 Å². The van der Waals surface area contributed by atoms with Gasteiger partial charge in [-0.2, -0.15) is 18.2 Å². The average Bonchev–Trinajstić information content (AvgIpc) is 2.98. The smallest absolute Gasteiger partial charge is 0.421 e. The van der Waals surface area contributed by atoms with Gasteiger partial charge in [0.2, 0.25) is 16.0 Å². The van der Waals surface area contributed by atoms with E-state index in [9.17, 15) is 26.4 Å². The van der Waals surface area contributed by atoms with E-state index in [1.54, 1.807) is 35.2 Å². The second-order valence-corrected chi connectivity index (χ2v) is 12.5. The number of sulfonamides is 1. The maximum absolute atomic E-state index is 13.9. The quantitative estimate of drug-likeness (QED) is 0.339. The molecule has 1 fully saturated rings. The maximum atomic E-state index is 13.9. The van der Waals surface area contributed by atoms with Crippen molar-refractivity contribution in [2.45, 2.75) is 32.6 Å². The number of benzene rings is 1. The van der Waals surface area contributed by atoms with Crippen molar-refractivity contribution in [1.82, 2.24) is 24.8 Å². The SMILES string of the molecule is COc1cc(C(=O)N2CCN(C(C)C)CC2)ccc1Nc1ncc(C(F)(F)F)c(NCc2cccnc2N(C)S(C)(=O)=O)n1. The van der Waals surface area contributed by atoms with Gasteiger partial charge in [0, 0.05) is 69.3 Å². The molecule has 44 heavy (non-hydrogen) atoms. The van der Waals surface area contributed by atoms with Crippen LogP contribution in [-0.4, -0.2) is 91.7 Å². The number of amides is 1. The van der Waals surface area contributed by atoms with Crippen LogP contribution in [0, 0.1) is 0 Å². The predicted molar refractivity (Wildman–Crippen MR) is 161 cm³/mol. The van der Waals surface area contributed by atoms with Gasteiger partial charge in [-0.1, -0.05) is 6.07 Å². The topological polar surface area (TPSA) is 133 Å². The van der Waals surface area contributed by atoms with E-state index in [1.165, 1.54) is 20.4 Å². The third-order valence-corrected chi connectivity index (χ3v) is 8.40. The Labute approximate surface area is 254 Å². The van der Waals surface area contributed by atoms with Gasteiger partial charge in [-0.15, -0.1) is 0 Å². The number of anilines is 4. The van der Waals surface area contributed by atoms with Gasteiger partial charge in [-0.05, 0) is 38.1 Å². The van der Waals surface area contributed by atoms with E-state index in [0.29, 0.717) is 42.1 Å². The molecule has 2 N–H and O–H groups in total. The molecule has 0 aliphatic carbocycles. The van der Waals surface area contributed by atoms with Crippen LogP contribution >= 0.6 is 0 Å². The molecule has 3 aromatic rings. The Bertz CT molecular complexity index is 1600. The number of ether oxygens (including phenoxy) is 1. The summed E-state index contributed by atoms with van der Waals surface area (Å²) in [4.78, 5) is 29.2. The van der Waals surface area contributed by atoms with Crippen LogP contribution in [0.3, 0.4) is 0 Å². The summed E-state index contributed by atoms with van der Waals surface area (Å²) in [7, 11) is -0.959. The lowest BCUT2D eigenvalue weighted by Gasteiger charge is -2.37. The zero-order valence-corrected chi connectivity index (χ0v) is 25.8. The molecule has 1 aliphatic heterocycles. The van der Waals surface area contributed by atoms with Gasteiger partial charge in [0.25, 0.3) is 5.91 Å². The van der Waals surface area contributed by atoms with Crippen LogP contribution in [0.2, 0.25) is 0 Å². The van der Waals surface area contributed by atoms with E-state index < -0.39 is 27.6 Å². The predicted octanol–water partition coefficient (Wildman–Crippen LogP) is 3.82. The number of carbonyl (C=O) groups excluding carboxylic acids is 1. The zero-order valence-electron chi connectivity index (χ0n) is 25.0. The third-order valence-electron chi connectivity index (χ3n) is 7.23. The van der Waals surface area contributed by atoms with Crippen LogP contribution in [0.5, 0.6) is 5.75 Å². The molecule has 2 aromatic heterocycles. The number of rotatable bonds is 10. The Kier molecular flexibility index (Phi) is 9.83. The maximum Gasteiger partial charge on any atom is 0.421 e. The van der Waals surface area contributed by atoms with E-state index in [-0.39, 0.29) is 30.0 Å². The number of halogens is 3. The first kappa shape index (κ1) is 32.7. The summed E-state index contributed by atoms with van der Waals surface area (Å²) in [5.41, 5.74) is -0.0409. The molecule has 1 aromatic carbocycles. The number of piperazine rings is 1. The van der Waals surface area contributed by atoms with E-state index in [4.69, 9.17) is 4.74 Å². The molecular formula is C28H35F3N8O4S. The Balaban J connectivity index is 1.56. The summed E-state index contributed by atoms with van der Waals surface area (Å²) in [5, 5.41) is 5.52.